The van der Waals surface area contributed by atoms with E-state index in [1.807, 2.05) is 5.32 Å². The largest absolute Gasteiger partial charge is 0.455 e. The maximum absolute atomic E-state index is 12.6. The van der Waals surface area contributed by atoms with Crippen molar-refractivity contribution in [1.29, 1.82) is 0 Å². The molecule has 1 saturated heterocycles. The Balaban J connectivity index is 1.78. The van der Waals surface area contributed by atoms with Gasteiger partial charge in [0.25, 0.3) is 11.8 Å². The average Bonchev–Trinajstić information content (AvgIpc) is 2.70. The first kappa shape index (κ1) is 24.2. The van der Waals surface area contributed by atoms with E-state index in [0.29, 0.717) is 12.8 Å². The van der Waals surface area contributed by atoms with Crippen molar-refractivity contribution in [2.75, 3.05) is 19.7 Å². The van der Waals surface area contributed by atoms with Gasteiger partial charge in [0.05, 0.1) is 11.5 Å². The Labute approximate surface area is 177 Å². The van der Waals surface area contributed by atoms with E-state index in [-0.39, 0.29) is 24.7 Å². The standard InChI is InChI=1S/C20H24F3N3O5/c1-12(2)24-19(30)25-16(27)11-31-18(29)14-7-9-26(10-8-14)17(28)13-3-5-15(6-4-13)20(21,22)23/h3-6,12,14H,7-11H2,1-2H3,(H2,24,25,27,30). The van der Waals surface area contributed by atoms with Gasteiger partial charge in [-0.25, -0.2) is 4.79 Å². The van der Waals surface area contributed by atoms with Gasteiger partial charge in [-0.2, -0.15) is 13.2 Å². The number of esters is 1. The smallest absolute Gasteiger partial charge is 0.416 e. The van der Waals surface area contributed by atoms with Gasteiger partial charge in [0.2, 0.25) is 0 Å². The van der Waals surface area contributed by atoms with Gasteiger partial charge in [0.1, 0.15) is 0 Å². The Morgan fingerprint density at radius 1 is 1.10 bits per heavy atom. The predicted octanol–water partition coefficient (Wildman–Crippen LogP) is 2.34. The first-order chi connectivity index (χ1) is 14.5. The summed E-state index contributed by atoms with van der Waals surface area (Å²) in [6.07, 6.45) is -3.89. The van der Waals surface area contributed by atoms with Crippen molar-refractivity contribution in [3.8, 4) is 0 Å². The molecule has 0 atom stereocenters. The highest BCUT2D eigenvalue weighted by Gasteiger charge is 2.32. The third-order valence-corrected chi connectivity index (χ3v) is 4.59. The molecule has 1 aromatic carbocycles. The molecule has 1 aliphatic heterocycles. The van der Waals surface area contributed by atoms with Crippen LogP contribution < -0.4 is 10.6 Å². The van der Waals surface area contributed by atoms with E-state index in [1.165, 1.54) is 4.90 Å². The van der Waals surface area contributed by atoms with Gasteiger partial charge < -0.3 is 15.0 Å². The number of benzene rings is 1. The fourth-order valence-corrected chi connectivity index (χ4v) is 3.02. The molecule has 0 bridgehead atoms. The van der Waals surface area contributed by atoms with Crippen molar-refractivity contribution in [3.05, 3.63) is 35.4 Å². The van der Waals surface area contributed by atoms with E-state index in [9.17, 15) is 32.3 Å². The number of rotatable bonds is 5. The molecule has 1 heterocycles. The second-order valence-corrected chi connectivity index (χ2v) is 7.43. The number of carbonyl (C=O) groups excluding carboxylic acids is 4. The minimum atomic E-state index is -4.48. The number of amides is 4. The van der Waals surface area contributed by atoms with Gasteiger partial charge in [0, 0.05) is 24.7 Å². The third-order valence-electron chi connectivity index (χ3n) is 4.59. The molecule has 2 N–H and O–H groups in total. The Morgan fingerprint density at radius 2 is 1.68 bits per heavy atom. The number of piperidine rings is 1. The third kappa shape index (κ3) is 7.26. The number of hydrogen-bond donors (Lipinski definition) is 2. The first-order valence-corrected chi connectivity index (χ1v) is 9.71. The van der Waals surface area contributed by atoms with Crippen LogP contribution in [0.4, 0.5) is 18.0 Å². The summed E-state index contributed by atoms with van der Waals surface area (Å²) in [4.78, 5) is 49.1. The highest BCUT2D eigenvalue weighted by atomic mass is 19.4. The number of halogens is 3. The van der Waals surface area contributed by atoms with Gasteiger partial charge >= 0.3 is 18.2 Å². The minimum absolute atomic E-state index is 0.130. The van der Waals surface area contributed by atoms with Gasteiger partial charge in [-0.1, -0.05) is 0 Å². The van der Waals surface area contributed by atoms with Crippen molar-refractivity contribution < 1.29 is 37.1 Å². The van der Waals surface area contributed by atoms with E-state index < -0.39 is 48.1 Å². The van der Waals surface area contributed by atoms with Crippen LogP contribution in [-0.2, 0) is 20.5 Å². The van der Waals surface area contributed by atoms with E-state index in [1.54, 1.807) is 13.8 Å². The number of urea groups is 1. The molecule has 31 heavy (non-hydrogen) atoms. The Hall–Kier alpha value is -3.11. The van der Waals surface area contributed by atoms with E-state index in [0.717, 1.165) is 24.3 Å². The molecule has 0 aromatic heterocycles. The number of nitrogens with zero attached hydrogens (tertiary/aromatic N) is 1. The number of alkyl halides is 3. The summed E-state index contributed by atoms with van der Waals surface area (Å²) in [6, 6.07) is 3.10. The molecule has 0 aliphatic carbocycles. The van der Waals surface area contributed by atoms with Crippen LogP contribution in [0.3, 0.4) is 0 Å². The van der Waals surface area contributed by atoms with Crippen LogP contribution in [0.15, 0.2) is 24.3 Å². The molecule has 2 rings (SSSR count). The second-order valence-electron chi connectivity index (χ2n) is 7.43. The SMILES string of the molecule is CC(C)NC(=O)NC(=O)COC(=O)C1CCN(C(=O)c2ccc(C(F)(F)F)cc2)CC1. The molecular weight excluding hydrogens is 419 g/mol. The molecule has 4 amide bonds. The zero-order chi connectivity index (χ0) is 23.2. The van der Waals surface area contributed by atoms with Crippen LogP contribution in [0.5, 0.6) is 0 Å². The number of ether oxygens (including phenoxy) is 1. The average molecular weight is 443 g/mol. The molecule has 0 spiro atoms. The summed E-state index contributed by atoms with van der Waals surface area (Å²) in [5, 5.41) is 4.49. The lowest BCUT2D eigenvalue weighted by molar-refractivity contribution is -0.153. The lowest BCUT2D eigenvalue weighted by Gasteiger charge is -2.31. The van der Waals surface area contributed by atoms with Gasteiger partial charge in [-0.05, 0) is 51.0 Å². The number of nitrogens with one attached hydrogen (secondary N) is 2. The van der Waals surface area contributed by atoms with Crippen molar-refractivity contribution in [1.82, 2.24) is 15.5 Å². The minimum Gasteiger partial charge on any atom is -0.455 e. The molecule has 0 unspecified atom stereocenters. The van der Waals surface area contributed by atoms with Crippen LogP contribution >= 0.6 is 0 Å². The molecule has 1 aliphatic rings. The Bertz CT molecular complexity index is 816. The lowest BCUT2D eigenvalue weighted by atomic mass is 9.96. The van der Waals surface area contributed by atoms with Gasteiger partial charge in [0.15, 0.2) is 6.61 Å². The molecule has 170 valence electrons. The lowest BCUT2D eigenvalue weighted by Crippen LogP contribution is -2.44. The van der Waals surface area contributed by atoms with Crippen molar-refractivity contribution in [2.24, 2.45) is 5.92 Å². The van der Waals surface area contributed by atoms with Crippen molar-refractivity contribution in [2.45, 2.75) is 38.9 Å². The molecule has 0 saturated carbocycles. The maximum Gasteiger partial charge on any atom is 0.416 e. The molecular formula is C20H24F3N3O5. The molecule has 0 radical (unpaired) electrons. The van der Waals surface area contributed by atoms with Crippen LogP contribution in [0.25, 0.3) is 0 Å². The summed E-state index contributed by atoms with van der Waals surface area (Å²) in [5.74, 6) is -2.31. The quantitative estimate of drug-likeness (QED) is 0.680. The predicted molar refractivity (Wildman–Crippen MR) is 103 cm³/mol. The number of likely N-dealkylation sites (tertiary alicyclic amines) is 1. The van der Waals surface area contributed by atoms with Crippen LogP contribution in [0.2, 0.25) is 0 Å². The van der Waals surface area contributed by atoms with Crippen molar-refractivity contribution in [3.63, 3.8) is 0 Å². The van der Waals surface area contributed by atoms with Crippen LogP contribution in [0.1, 0.15) is 42.6 Å². The van der Waals surface area contributed by atoms with Crippen molar-refractivity contribution >= 4 is 23.8 Å². The zero-order valence-corrected chi connectivity index (χ0v) is 17.1. The fraction of sp³-hybridized carbons (Fsp3) is 0.500. The van der Waals surface area contributed by atoms with E-state index in [4.69, 9.17) is 4.74 Å². The summed E-state index contributed by atoms with van der Waals surface area (Å²) in [5.41, 5.74) is -0.707. The normalized spacial score (nSPS) is 14.8. The highest BCUT2D eigenvalue weighted by Crippen LogP contribution is 2.29. The summed E-state index contributed by atoms with van der Waals surface area (Å²) < 4.78 is 42.8. The number of hydrogen-bond acceptors (Lipinski definition) is 5. The molecule has 1 aromatic rings. The zero-order valence-electron chi connectivity index (χ0n) is 17.1. The monoisotopic (exact) mass is 443 g/mol. The Kier molecular flexibility index (Phi) is 8.01. The summed E-state index contributed by atoms with van der Waals surface area (Å²) in [7, 11) is 0. The molecule has 1 fully saturated rings. The Morgan fingerprint density at radius 3 is 2.19 bits per heavy atom. The number of imide groups is 1. The number of carbonyl (C=O) groups is 4. The fourth-order valence-electron chi connectivity index (χ4n) is 3.02. The maximum atomic E-state index is 12.6. The molecule has 11 heteroatoms. The second kappa shape index (κ2) is 10.3. The summed E-state index contributed by atoms with van der Waals surface area (Å²) >= 11 is 0. The van der Waals surface area contributed by atoms with E-state index >= 15 is 0 Å². The highest BCUT2D eigenvalue weighted by molar-refractivity contribution is 5.96. The van der Waals surface area contributed by atoms with Crippen LogP contribution in [0, 0.1) is 5.92 Å². The van der Waals surface area contributed by atoms with E-state index in [2.05, 4.69) is 5.32 Å². The van der Waals surface area contributed by atoms with Crippen LogP contribution in [-0.4, -0.2) is 54.5 Å². The van der Waals surface area contributed by atoms with Gasteiger partial charge in [-0.15, -0.1) is 0 Å². The molecule has 8 nitrogen and oxygen atoms in total. The topological polar surface area (TPSA) is 105 Å². The first-order valence-electron chi connectivity index (χ1n) is 9.71. The summed E-state index contributed by atoms with van der Waals surface area (Å²) in [6.45, 7) is 3.29. The van der Waals surface area contributed by atoms with Gasteiger partial charge in [-0.3, -0.25) is 19.7 Å².